The van der Waals surface area contributed by atoms with Crippen LogP contribution in [-0.2, 0) is 0 Å². The molecule has 56 valence electrons. The first-order valence-electron chi connectivity index (χ1n) is 3.84. The maximum atomic E-state index is 4.13. The normalized spacial score (nSPS) is 16.3. The Kier molecular flexibility index (Phi) is 3.00. The fourth-order valence-electron chi connectivity index (χ4n) is 0.927. The molecular formula is C8H14N2. The summed E-state index contributed by atoms with van der Waals surface area (Å²) in [6, 6.07) is 0. The smallest absolute Gasteiger partial charge is 0.109 e. The van der Waals surface area contributed by atoms with Crippen molar-refractivity contribution in [3.8, 4) is 0 Å². The number of hydrogen-bond donors (Lipinski definition) is 0. The molecule has 0 amide bonds. The SMILES string of the molecule is CCCCN1C=CC=NC1. The highest BCUT2D eigenvalue weighted by Gasteiger charge is 1.96. The van der Waals surface area contributed by atoms with E-state index in [9.17, 15) is 0 Å². The van der Waals surface area contributed by atoms with E-state index < -0.39 is 0 Å². The molecule has 1 aliphatic heterocycles. The Hall–Kier alpha value is -0.790. The van der Waals surface area contributed by atoms with E-state index in [1.54, 1.807) is 0 Å². The van der Waals surface area contributed by atoms with Gasteiger partial charge in [-0.2, -0.15) is 0 Å². The van der Waals surface area contributed by atoms with Crippen LogP contribution in [0.2, 0.25) is 0 Å². The molecule has 0 saturated carbocycles. The summed E-state index contributed by atoms with van der Waals surface area (Å²) >= 11 is 0. The highest BCUT2D eigenvalue weighted by Crippen LogP contribution is 1.98. The lowest BCUT2D eigenvalue weighted by molar-refractivity contribution is 0.377. The van der Waals surface area contributed by atoms with Crippen LogP contribution in [0.5, 0.6) is 0 Å². The number of hydrogen-bond acceptors (Lipinski definition) is 2. The largest absolute Gasteiger partial charge is 0.358 e. The lowest BCUT2D eigenvalue weighted by atomic mass is 10.3. The molecule has 0 aromatic rings. The molecule has 2 heteroatoms. The van der Waals surface area contributed by atoms with Crippen LogP contribution >= 0.6 is 0 Å². The molecule has 0 unspecified atom stereocenters. The molecule has 0 spiro atoms. The molecular weight excluding hydrogens is 124 g/mol. The second-order valence-electron chi connectivity index (χ2n) is 2.48. The van der Waals surface area contributed by atoms with Crippen LogP contribution in [-0.4, -0.2) is 24.3 Å². The molecule has 0 aliphatic carbocycles. The maximum absolute atomic E-state index is 4.13. The van der Waals surface area contributed by atoms with Crippen molar-refractivity contribution in [3.63, 3.8) is 0 Å². The van der Waals surface area contributed by atoms with E-state index >= 15 is 0 Å². The Balaban J connectivity index is 2.17. The molecule has 0 bridgehead atoms. The molecule has 0 fully saturated rings. The van der Waals surface area contributed by atoms with Gasteiger partial charge in [0.05, 0.1) is 0 Å². The first kappa shape index (κ1) is 7.32. The molecule has 0 N–H and O–H groups in total. The number of aliphatic imine (C=N–C) groups is 1. The standard InChI is InChI=1S/C8H14N2/c1-2-3-6-10-7-4-5-9-8-10/h4-5,7H,2-3,6,8H2,1H3. The molecule has 2 nitrogen and oxygen atoms in total. The molecule has 0 aromatic carbocycles. The summed E-state index contributed by atoms with van der Waals surface area (Å²) in [6.07, 6.45) is 8.46. The molecule has 0 atom stereocenters. The van der Waals surface area contributed by atoms with Gasteiger partial charge < -0.3 is 4.90 Å². The van der Waals surface area contributed by atoms with Crippen molar-refractivity contribution in [2.45, 2.75) is 19.8 Å². The highest BCUT2D eigenvalue weighted by molar-refractivity contribution is 5.71. The minimum Gasteiger partial charge on any atom is -0.358 e. The summed E-state index contributed by atoms with van der Waals surface area (Å²) in [5.74, 6) is 0. The van der Waals surface area contributed by atoms with Gasteiger partial charge in [0, 0.05) is 19.0 Å². The summed E-state index contributed by atoms with van der Waals surface area (Å²) in [6.45, 7) is 4.19. The third-order valence-electron chi connectivity index (χ3n) is 1.55. The quantitative estimate of drug-likeness (QED) is 0.579. The summed E-state index contributed by atoms with van der Waals surface area (Å²) in [5, 5.41) is 0. The fourth-order valence-corrected chi connectivity index (χ4v) is 0.927. The topological polar surface area (TPSA) is 15.6 Å². The van der Waals surface area contributed by atoms with Crippen LogP contribution in [0.25, 0.3) is 0 Å². The lowest BCUT2D eigenvalue weighted by Gasteiger charge is -2.18. The Morgan fingerprint density at radius 3 is 3.10 bits per heavy atom. The van der Waals surface area contributed by atoms with Crippen LogP contribution in [0.15, 0.2) is 17.3 Å². The number of unbranched alkanes of at least 4 members (excludes halogenated alkanes) is 1. The van der Waals surface area contributed by atoms with Crippen LogP contribution in [0, 0.1) is 0 Å². The third kappa shape index (κ3) is 2.21. The molecule has 1 aliphatic rings. The van der Waals surface area contributed by atoms with E-state index in [1.165, 1.54) is 12.8 Å². The average molecular weight is 138 g/mol. The van der Waals surface area contributed by atoms with Gasteiger partial charge in [-0.1, -0.05) is 13.3 Å². The molecule has 1 heterocycles. The molecule has 0 aromatic heterocycles. The van der Waals surface area contributed by atoms with Crippen molar-refractivity contribution in [1.82, 2.24) is 4.90 Å². The van der Waals surface area contributed by atoms with Gasteiger partial charge >= 0.3 is 0 Å². The summed E-state index contributed by atoms with van der Waals surface area (Å²) in [5.41, 5.74) is 0. The zero-order valence-electron chi connectivity index (χ0n) is 6.45. The van der Waals surface area contributed by atoms with Gasteiger partial charge in [-0.25, -0.2) is 0 Å². The monoisotopic (exact) mass is 138 g/mol. The first-order valence-corrected chi connectivity index (χ1v) is 3.84. The van der Waals surface area contributed by atoms with E-state index in [0.29, 0.717) is 0 Å². The molecule has 1 rings (SSSR count). The second kappa shape index (κ2) is 4.09. The van der Waals surface area contributed by atoms with Gasteiger partial charge in [-0.15, -0.1) is 0 Å². The Morgan fingerprint density at radius 1 is 1.60 bits per heavy atom. The van der Waals surface area contributed by atoms with Crippen molar-refractivity contribution in [2.24, 2.45) is 4.99 Å². The Bertz CT molecular complexity index is 138. The zero-order valence-corrected chi connectivity index (χ0v) is 6.45. The highest BCUT2D eigenvalue weighted by atomic mass is 15.2. The summed E-state index contributed by atoms with van der Waals surface area (Å²) in [7, 11) is 0. The van der Waals surface area contributed by atoms with E-state index in [2.05, 4.69) is 23.0 Å². The van der Waals surface area contributed by atoms with E-state index in [-0.39, 0.29) is 0 Å². The van der Waals surface area contributed by atoms with E-state index in [0.717, 1.165) is 13.2 Å². The van der Waals surface area contributed by atoms with Gasteiger partial charge in [-0.3, -0.25) is 4.99 Å². The number of nitrogens with zero attached hydrogens (tertiary/aromatic N) is 2. The number of allylic oxidation sites excluding steroid dienone is 1. The zero-order chi connectivity index (χ0) is 7.23. The van der Waals surface area contributed by atoms with Gasteiger partial charge in [0.25, 0.3) is 0 Å². The fraction of sp³-hybridized carbons (Fsp3) is 0.625. The minimum atomic E-state index is 0.844. The van der Waals surface area contributed by atoms with Crippen molar-refractivity contribution >= 4 is 6.21 Å². The van der Waals surface area contributed by atoms with Gasteiger partial charge in [0.15, 0.2) is 0 Å². The Labute approximate surface area is 62.3 Å². The van der Waals surface area contributed by atoms with E-state index in [4.69, 9.17) is 0 Å². The average Bonchev–Trinajstić information content (AvgIpc) is 2.03. The predicted octanol–water partition coefficient (Wildman–Crippen LogP) is 1.64. The van der Waals surface area contributed by atoms with Crippen LogP contribution in [0.4, 0.5) is 0 Å². The second-order valence-corrected chi connectivity index (χ2v) is 2.48. The number of rotatable bonds is 3. The van der Waals surface area contributed by atoms with Crippen LogP contribution < -0.4 is 0 Å². The van der Waals surface area contributed by atoms with E-state index in [1.807, 2.05) is 12.3 Å². The molecule has 0 saturated heterocycles. The third-order valence-corrected chi connectivity index (χ3v) is 1.55. The van der Waals surface area contributed by atoms with Crippen molar-refractivity contribution in [1.29, 1.82) is 0 Å². The Morgan fingerprint density at radius 2 is 2.50 bits per heavy atom. The van der Waals surface area contributed by atoms with Crippen molar-refractivity contribution in [3.05, 3.63) is 12.3 Å². The van der Waals surface area contributed by atoms with Gasteiger partial charge in [0.1, 0.15) is 6.67 Å². The molecule has 0 radical (unpaired) electrons. The first-order chi connectivity index (χ1) is 4.93. The van der Waals surface area contributed by atoms with Crippen LogP contribution in [0.3, 0.4) is 0 Å². The summed E-state index contributed by atoms with van der Waals surface area (Å²) in [4.78, 5) is 6.35. The van der Waals surface area contributed by atoms with Crippen LogP contribution in [0.1, 0.15) is 19.8 Å². The predicted molar refractivity (Wildman–Crippen MR) is 44.1 cm³/mol. The minimum absolute atomic E-state index is 0.844. The van der Waals surface area contributed by atoms with Gasteiger partial charge in [-0.05, 0) is 12.5 Å². The maximum Gasteiger partial charge on any atom is 0.109 e. The lowest BCUT2D eigenvalue weighted by Crippen LogP contribution is -2.20. The molecule has 10 heavy (non-hydrogen) atoms. The summed E-state index contributed by atoms with van der Waals surface area (Å²) < 4.78 is 0. The van der Waals surface area contributed by atoms with Gasteiger partial charge in [0.2, 0.25) is 0 Å². The van der Waals surface area contributed by atoms with Crippen molar-refractivity contribution < 1.29 is 0 Å². The van der Waals surface area contributed by atoms with Crippen molar-refractivity contribution in [2.75, 3.05) is 13.2 Å².